The van der Waals surface area contributed by atoms with Gasteiger partial charge in [-0.1, -0.05) is 36.9 Å². The first-order valence-electron chi connectivity index (χ1n) is 7.11. The van der Waals surface area contributed by atoms with Gasteiger partial charge in [-0.25, -0.2) is 4.39 Å². The van der Waals surface area contributed by atoms with E-state index in [0.717, 1.165) is 12.8 Å². The maximum Gasteiger partial charge on any atom is 0.129 e. The normalized spacial score (nSPS) is 19.8. The summed E-state index contributed by atoms with van der Waals surface area (Å²) in [6, 6.07) is 4.31. The highest BCUT2D eigenvalue weighted by Gasteiger charge is 2.32. The fourth-order valence-corrected chi connectivity index (χ4v) is 3.34. The number of methoxy groups -OCH3 is 1. The van der Waals surface area contributed by atoms with E-state index in [9.17, 15) is 4.39 Å². The van der Waals surface area contributed by atoms with Gasteiger partial charge in [0.2, 0.25) is 0 Å². The Balaban J connectivity index is 2.23. The zero-order chi connectivity index (χ0) is 14.5. The third kappa shape index (κ3) is 3.50. The smallest absolute Gasteiger partial charge is 0.129 e. The van der Waals surface area contributed by atoms with Crippen molar-refractivity contribution in [3.8, 4) is 0 Å². The van der Waals surface area contributed by atoms with Crippen molar-refractivity contribution in [2.24, 2.45) is 11.8 Å². The van der Waals surface area contributed by atoms with Crippen LogP contribution in [-0.2, 0) is 4.74 Å². The molecule has 20 heavy (non-hydrogen) atoms. The molecule has 3 nitrogen and oxygen atoms in total. The minimum atomic E-state index is -0.361. The molecular weight excluding hydrogens is 279 g/mol. The van der Waals surface area contributed by atoms with Gasteiger partial charge in [0.1, 0.15) is 5.82 Å². The highest BCUT2D eigenvalue weighted by molar-refractivity contribution is 6.30. The summed E-state index contributed by atoms with van der Waals surface area (Å²) in [6.45, 7) is 0. The SMILES string of the molecule is COC(C1CCCCC1)C(NN)c1ccc(Cl)cc1F. The molecule has 5 heteroatoms. The van der Waals surface area contributed by atoms with E-state index in [-0.39, 0.29) is 18.0 Å². The van der Waals surface area contributed by atoms with Gasteiger partial charge in [-0.2, -0.15) is 0 Å². The van der Waals surface area contributed by atoms with Gasteiger partial charge >= 0.3 is 0 Å². The second kappa shape index (κ2) is 7.36. The zero-order valence-corrected chi connectivity index (χ0v) is 12.5. The van der Waals surface area contributed by atoms with Crippen molar-refractivity contribution in [2.45, 2.75) is 44.2 Å². The topological polar surface area (TPSA) is 47.3 Å². The lowest BCUT2D eigenvalue weighted by molar-refractivity contribution is 0.00665. The molecule has 0 saturated heterocycles. The van der Waals surface area contributed by atoms with Crippen LogP contribution in [0.1, 0.15) is 43.7 Å². The van der Waals surface area contributed by atoms with Gasteiger partial charge in [0.15, 0.2) is 0 Å². The maximum absolute atomic E-state index is 14.1. The summed E-state index contributed by atoms with van der Waals surface area (Å²) in [5.74, 6) is 5.72. The van der Waals surface area contributed by atoms with E-state index in [2.05, 4.69) is 5.43 Å². The summed E-state index contributed by atoms with van der Waals surface area (Å²) in [6.07, 6.45) is 5.74. The molecule has 2 unspecified atom stereocenters. The third-order valence-electron chi connectivity index (χ3n) is 4.19. The largest absolute Gasteiger partial charge is 0.379 e. The van der Waals surface area contributed by atoms with Gasteiger partial charge in [0.05, 0.1) is 12.1 Å². The quantitative estimate of drug-likeness (QED) is 0.645. The highest BCUT2D eigenvalue weighted by Crippen LogP contribution is 2.34. The van der Waals surface area contributed by atoms with Crippen molar-refractivity contribution < 1.29 is 9.13 Å². The second-order valence-electron chi connectivity index (χ2n) is 5.41. The van der Waals surface area contributed by atoms with Crippen LogP contribution < -0.4 is 11.3 Å². The molecule has 1 aromatic rings. The van der Waals surface area contributed by atoms with Crippen LogP contribution in [0.15, 0.2) is 18.2 Å². The summed E-state index contributed by atoms with van der Waals surface area (Å²) in [5.41, 5.74) is 3.23. The van der Waals surface area contributed by atoms with Crippen molar-refractivity contribution in [1.29, 1.82) is 0 Å². The van der Waals surface area contributed by atoms with E-state index < -0.39 is 0 Å². The van der Waals surface area contributed by atoms with Gasteiger partial charge in [0, 0.05) is 17.7 Å². The Hall–Kier alpha value is -0.680. The Kier molecular flexibility index (Phi) is 5.78. The first-order chi connectivity index (χ1) is 9.67. The van der Waals surface area contributed by atoms with Crippen LogP contribution in [0.4, 0.5) is 4.39 Å². The van der Waals surface area contributed by atoms with Gasteiger partial charge in [0.25, 0.3) is 0 Å². The minimum Gasteiger partial charge on any atom is -0.379 e. The molecule has 0 bridgehead atoms. The molecule has 1 fully saturated rings. The summed E-state index contributed by atoms with van der Waals surface area (Å²) in [7, 11) is 1.66. The van der Waals surface area contributed by atoms with Crippen molar-refractivity contribution in [2.75, 3.05) is 7.11 Å². The Bertz CT molecular complexity index is 438. The number of rotatable bonds is 5. The Morgan fingerprint density at radius 3 is 2.60 bits per heavy atom. The van der Waals surface area contributed by atoms with E-state index >= 15 is 0 Å². The summed E-state index contributed by atoms with van der Waals surface area (Å²) >= 11 is 5.80. The van der Waals surface area contributed by atoms with Gasteiger partial charge in [-0.05, 0) is 30.9 Å². The maximum atomic E-state index is 14.1. The first kappa shape index (κ1) is 15.7. The summed E-state index contributed by atoms with van der Waals surface area (Å²) in [4.78, 5) is 0. The molecule has 0 amide bonds. The van der Waals surface area contributed by atoms with Gasteiger partial charge in [-0.3, -0.25) is 11.3 Å². The number of benzene rings is 1. The Labute approximate surface area is 124 Å². The van der Waals surface area contributed by atoms with E-state index in [1.807, 2.05) is 0 Å². The number of nitrogens with one attached hydrogen (secondary N) is 1. The number of hydrazine groups is 1. The number of halogens is 2. The molecule has 112 valence electrons. The van der Waals surface area contributed by atoms with Crippen LogP contribution in [0.2, 0.25) is 5.02 Å². The zero-order valence-electron chi connectivity index (χ0n) is 11.7. The lowest BCUT2D eigenvalue weighted by atomic mass is 9.81. The monoisotopic (exact) mass is 300 g/mol. The molecule has 0 aliphatic heterocycles. The average Bonchev–Trinajstić information content (AvgIpc) is 2.46. The summed E-state index contributed by atoms with van der Waals surface area (Å²) < 4.78 is 19.8. The van der Waals surface area contributed by atoms with Crippen molar-refractivity contribution in [3.63, 3.8) is 0 Å². The van der Waals surface area contributed by atoms with E-state index in [4.69, 9.17) is 22.2 Å². The molecular formula is C15H22ClFN2O. The lowest BCUT2D eigenvalue weighted by Gasteiger charge is -2.34. The van der Waals surface area contributed by atoms with E-state index in [1.54, 1.807) is 19.2 Å². The van der Waals surface area contributed by atoms with Crippen LogP contribution in [0.25, 0.3) is 0 Å². The van der Waals surface area contributed by atoms with Crippen LogP contribution >= 0.6 is 11.6 Å². The molecule has 0 radical (unpaired) electrons. The average molecular weight is 301 g/mol. The lowest BCUT2D eigenvalue weighted by Crippen LogP contribution is -2.42. The number of nitrogens with two attached hydrogens (primary N) is 1. The van der Waals surface area contributed by atoms with Gasteiger partial charge in [-0.15, -0.1) is 0 Å². The van der Waals surface area contributed by atoms with Crippen LogP contribution in [0, 0.1) is 11.7 Å². The Morgan fingerprint density at radius 1 is 1.35 bits per heavy atom. The molecule has 1 aromatic carbocycles. The standard InChI is InChI=1S/C15H22ClFN2O/c1-20-15(10-5-3-2-4-6-10)14(19-18)12-8-7-11(16)9-13(12)17/h7-10,14-15,19H,2-6,18H2,1H3. The fourth-order valence-electron chi connectivity index (χ4n) is 3.18. The Morgan fingerprint density at radius 2 is 2.05 bits per heavy atom. The molecule has 2 rings (SSSR count). The molecule has 1 aliphatic rings. The van der Waals surface area contributed by atoms with Crippen LogP contribution in [0.5, 0.6) is 0 Å². The molecule has 0 aromatic heterocycles. The molecule has 2 atom stereocenters. The minimum absolute atomic E-state index is 0.129. The number of hydrogen-bond acceptors (Lipinski definition) is 3. The summed E-state index contributed by atoms with van der Waals surface area (Å²) in [5, 5.41) is 0.383. The van der Waals surface area contributed by atoms with Crippen LogP contribution in [0.3, 0.4) is 0 Å². The predicted octanol–water partition coefficient (Wildman–Crippen LogP) is 3.58. The first-order valence-corrected chi connectivity index (χ1v) is 7.49. The van der Waals surface area contributed by atoms with E-state index in [1.165, 1.54) is 25.3 Å². The highest BCUT2D eigenvalue weighted by atomic mass is 35.5. The fraction of sp³-hybridized carbons (Fsp3) is 0.600. The molecule has 0 spiro atoms. The molecule has 3 N–H and O–H groups in total. The number of hydrogen-bond donors (Lipinski definition) is 2. The van der Waals surface area contributed by atoms with E-state index in [0.29, 0.717) is 16.5 Å². The molecule has 1 aliphatic carbocycles. The van der Waals surface area contributed by atoms with Crippen molar-refractivity contribution in [3.05, 3.63) is 34.6 Å². The van der Waals surface area contributed by atoms with Crippen LogP contribution in [-0.4, -0.2) is 13.2 Å². The third-order valence-corrected chi connectivity index (χ3v) is 4.43. The van der Waals surface area contributed by atoms with Crippen molar-refractivity contribution >= 4 is 11.6 Å². The number of ether oxygens (including phenoxy) is 1. The molecule has 0 heterocycles. The van der Waals surface area contributed by atoms with Gasteiger partial charge < -0.3 is 4.74 Å². The molecule has 1 saturated carbocycles. The predicted molar refractivity (Wildman–Crippen MR) is 78.8 cm³/mol. The second-order valence-corrected chi connectivity index (χ2v) is 5.85. The van der Waals surface area contributed by atoms with Crippen molar-refractivity contribution in [1.82, 2.24) is 5.43 Å².